The van der Waals surface area contributed by atoms with Crippen molar-refractivity contribution < 1.29 is 0 Å². The van der Waals surface area contributed by atoms with Gasteiger partial charge in [0.1, 0.15) is 0 Å². The van der Waals surface area contributed by atoms with E-state index in [0.29, 0.717) is 5.92 Å². The summed E-state index contributed by atoms with van der Waals surface area (Å²) in [6.07, 6.45) is 12.7. The van der Waals surface area contributed by atoms with E-state index in [-0.39, 0.29) is 0 Å². The van der Waals surface area contributed by atoms with Gasteiger partial charge in [-0.05, 0) is 84.7 Å². The molecular formula is C22H26N6. The van der Waals surface area contributed by atoms with Crippen molar-refractivity contribution in [2.24, 2.45) is 0 Å². The third-order valence-corrected chi connectivity index (χ3v) is 6.26. The van der Waals surface area contributed by atoms with Gasteiger partial charge >= 0.3 is 0 Å². The number of hydrogen-bond acceptors (Lipinski definition) is 5. The van der Waals surface area contributed by atoms with Crippen LogP contribution in [-0.4, -0.2) is 30.6 Å². The van der Waals surface area contributed by atoms with Crippen molar-refractivity contribution in [3.8, 4) is 22.5 Å². The Hall–Kier alpha value is -2.63. The number of aromatic amines is 1. The molecule has 0 radical (unpaired) electrons. The van der Waals surface area contributed by atoms with Crippen molar-refractivity contribution in [3.05, 3.63) is 41.0 Å². The quantitative estimate of drug-likeness (QED) is 0.680. The van der Waals surface area contributed by atoms with Crippen molar-refractivity contribution in [2.45, 2.75) is 70.6 Å². The Bertz CT molecular complexity index is 973. The van der Waals surface area contributed by atoms with Crippen LogP contribution in [0.5, 0.6) is 0 Å². The van der Waals surface area contributed by atoms with Gasteiger partial charge in [0.05, 0.1) is 11.3 Å². The molecule has 3 aromatic rings. The molecule has 0 aliphatic heterocycles. The summed E-state index contributed by atoms with van der Waals surface area (Å²) in [5.74, 6) is 1.24. The zero-order valence-corrected chi connectivity index (χ0v) is 16.4. The van der Waals surface area contributed by atoms with Crippen LogP contribution in [0.25, 0.3) is 22.5 Å². The molecule has 28 heavy (non-hydrogen) atoms. The molecule has 0 bridgehead atoms. The molecule has 3 aromatic heterocycles. The Morgan fingerprint density at radius 1 is 1.00 bits per heavy atom. The molecule has 5 rings (SSSR count). The molecule has 144 valence electrons. The van der Waals surface area contributed by atoms with Gasteiger partial charge in [0.2, 0.25) is 0 Å². The van der Waals surface area contributed by atoms with Crippen LogP contribution in [0.1, 0.15) is 73.5 Å². The maximum atomic E-state index is 5.29. The Kier molecular flexibility index (Phi) is 4.63. The van der Waals surface area contributed by atoms with E-state index in [2.05, 4.69) is 44.7 Å². The van der Waals surface area contributed by atoms with Crippen LogP contribution in [0.15, 0.2) is 18.3 Å². The van der Waals surface area contributed by atoms with Crippen molar-refractivity contribution in [1.29, 1.82) is 0 Å². The number of tetrazole rings is 1. The van der Waals surface area contributed by atoms with Crippen molar-refractivity contribution >= 4 is 0 Å². The molecule has 1 N–H and O–H groups in total. The molecule has 0 unspecified atom stereocenters. The monoisotopic (exact) mass is 374 g/mol. The van der Waals surface area contributed by atoms with Gasteiger partial charge in [-0.3, -0.25) is 9.97 Å². The van der Waals surface area contributed by atoms with E-state index in [4.69, 9.17) is 4.98 Å². The summed E-state index contributed by atoms with van der Waals surface area (Å²) in [5, 5.41) is 15.1. The molecule has 2 aliphatic rings. The number of pyridine rings is 2. The second-order valence-electron chi connectivity index (χ2n) is 8.15. The minimum atomic E-state index is 0.496. The van der Waals surface area contributed by atoms with Crippen molar-refractivity contribution in [3.63, 3.8) is 0 Å². The fraction of sp³-hybridized carbons (Fsp3) is 0.500. The fourth-order valence-corrected chi connectivity index (χ4v) is 4.96. The van der Waals surface area contributed by atoms with E-state index in [1.165, 1.54) is 73.0 Å². The molecule has 0 amide bonds. The maximum absolute atomic E-state index is 5.29. The highest BCUT2D eigenvalue weighted by molar-refractivity contribution is 5.85. The van der Waals surface area contributed by atoms with Gasteiger partial charge in [-0.25, -0.2) is 5.10 Å². The number of hydrogen-bond donors (Lipinski definition) is 1. The predicted molar refractivity (Wildman–Crippen MR) is 108 cm³/mol. The van der Waals surface area contributed by atoms with Crippen LogP contribution in [-0.2, 0) is 12.8 Å². The maximum Gasteiger partial charge on any atom is 0.181 e. The average Bonchev–Trinajstić information content (AvgIpc) is 3.38. The van der Waals surface area contributed by atoms with Crippen LogP contribution in [0, 0.1) is 6.92 Å². The summed E-state index contributed by atoms with van der Waals surface area (Å²) in [7, 11) is 0. The first-order valence-corrected chi connectivity index (χ1v) is 10.5. The van der Waals surface area contributed by atoms with E-state index in [9.17, 15) is 0 Å². The zero-order valence-electron chi connectivity index (χ0n) is 16.4. The van der Waals surface area contributed by atoms with Gasteiger partial charge in [-0.1, -0.05) is 19.3 Å². The highest BCUT2D eigenvalue weighted by Gasteiger charge is 2.30. The lowest BCUT2D eigenvalue weighted by atomic mass is 9.86. The zero-order chi connectivity index (χ0) is 18.9. The Morgan fingerprint density at radius 3 is 2.64 bits per heavy atom. The minimum absolute atomic E-state index is 0.496. The van der Waals surface area contributed by atoms with Crippen LogP contribution in [0.4, 0.5) is 0 Å². The second-order valence-corrected chi connectivity index (χ2v) is 8.15. The van der Waals surface area contributed by atoms with Gasteiger partial charge < -0.3 is 0 Å². The first-order chi connectivity index (χ1) is 13.8. The summed E-state index contributed by atoms with van der Waals surface area (Å²) in [6.45, 7) is 2.05. The summed E-state index contributed by atoms with van der Waals surface area (Å²) in [4.78, 5) is 9.71. The van der Waals surface area contributed by atoms with Gasteiger partial charge in [-0.15, -0.1) is 5.10 Å². The lowest BCUT2D eigenvalue weighted by molar-refractivity contribution is 0.684. The number of aromatic nitrogens is 6. The first-order valence-electron chi connectivity index (χ1n) is 10.5. The molecule has 0 spiro atoms. The normalized spacial score (nSPS) is 17.5. The molecular weight excluding hydrogens is 348 g/mol. The van der Waals surface area contributed by atoms with E-state index in [0.717, 1.165) is 29.9 Å². The Morgan fingerprint density at radius 2 is 1.86 bits per heavy atom. The summed E-state index contributed by atoms with van der Waals surface area (Å²) >= 11 is 0. The molecule has 6 heteroatoms. The third-order valence-electron chi connectivity index (χ3n) is 6.26. The van der Waals surface area contributed by atoms with Gasteiger partial charge in [0.25, 0.3) is 0 Å². The van der Waals surface area contributed by atoms with E-state index in [1.54, 1.807) is 0 Å². The predicted octanol–water partition coefficient (Wildman–Crippen LogP) is 4.56. The summed E-state index contributed by atoms with van der Waals surface area (Å²) in [5.41, 5.74) is 8.50. The minimum Gasteiger partial charge on any atom is -0.262 e. The summed E-state index contributed by atoms with van der Waals surface area (Å²) in [6, 6.07) is 4.31. The highest BCUT2D eigenvalue weighted by atomic mass is 15.5. The summed E-state index contributed by atoms with van der Waals surface area (Å²) < 4.78 is 0. The number of aryl methyl sites for hydroxylation is 2. The lowest BCUT2D eigenvalue weighted by Gasteiger charge is -2.22. The van der Waals surface area contributed by atoms with Crippen LogP contribution < -0.4 is 0 Å². The largest absolute Gasteiger partial charge is 0.262 e. The molecule has 0 atom stereocenters. The van der Waals surface area contributed by atoms with Crippen LogP contribution in [0.3, 0.4) is 0 Å². The van der Waals surface area contributed by atoms with E-state index in [1.807, 2.05) is 6.20 Å². The molecule has 6 nitrogen and oxygen atoms in total. The van der Waals surface area contributed by atoms with E-state index >= 15 is 0 Å². The standard InChI is InChI=1S/C22H26N6/c1-14-13-16(11-12-23-14)19-17-9-3-2-4-10-18(17)24-21(15-7-5-6-8-15)20(19)22-25-27-28-26-22/h11-13,15H,2-10H2,1H3,(H,25,26,27,28). The third kappa shape index (κ3) is 3.11. The Labute approximate surface area is 165 Å². The number of rotatable bonds is 3. The number of H-pyrrole nitrogens is 1. The number of nitrogens with zero attached hydrogens (tertiary/aromatic N) is 5. The second kappa shape index (κ2) is 7.41. The van der Waals surface area contributed by atoms with Gasteiger partial charge in [-0.2, -0.15) is 0 Å². The average molecular weight is 374 g/mol. The number of nitrogens with one attached hydrogen (secondary N) is 1. The smallest absolute Gasteiger partial charge is 0.181 e. The molecule has 1 fully saturated rings. The van der Waals surface area contributed by atoms with Crippen molar-refractivity contribution in [2.75, 3.05) is 0 Å². The first kappa shape index (κ1) is 17.5. The van der Waals surface area contributed by atoms with Gasteiger partial charge in [0.15, 0.2) is 5.82 Å². The molecule has 3 heterocycles. The molecule has 0 aromatic carbocycles. The van der Waals surface area contributed by atoms with Crippen LogP contribution >= 0.6 is 0 Å². The molecule has 0 saturated heterocycles. The van der Waals surface area contributed by atoms with Gasteiger partial charge in [0, 0.05) is 23.5 Å². The van der Waals surface area contributed by atoms with Crippen molar-refractivity contribution in [1.82, 2.24) is 30.6 Å². The van der Waals surface area contributed by atoms with Crippen LogP contribution in [0.2, 0.25) is 0 Å². The highest BCUT2D eigenvalue weighted by Crippen LogP contribution is 2.44. The Balaban J connectivity index is 1.84. The fourth-order valence-electron chi connectivity index (χ4n) is 4.96. The number of fused-ring (bicyclic) bond motifs is 1. The molecule has 1 saturated carbocycles. The SMILES string of the molecule is Cc1cc(-c2c3c(nc(C4CCCC4)c2-c2nnn[nH]2)CCCCC3)ccn1. The topological polar surface area (TPSA) is 80.2 Å². The lowest BCUT2D eigenvalue weighted by Crippen LogP contribution is -2.10. The molecule has 2 aliphatic carbocycles. The van der Waals surface area contributed by atoms with E-state index < -0.39 is 0 Å².